The number of aromatic nitrogens is 2. The predicted octanol–water partition coefficient (Wildman–Crippen LogP) is -0.352. The molecule has 0 fully saturated rings. The van der Waals surface area contributed by atoms with Gasteiger partial charge in [-0.3, -0.25) is 14.7 Å². The third kappa shape index (κ3) is 4.47. The van der Waals surface area contributed by atoms with Crippen molar-refractivity contribution < 1.29 is 19.8 Å². The van der Waals surface area contributed by atoms with E-state index in [0.29, 0.717) is 11.3 Å². The van der Waals surface area contributed by atoms with E-state index < -0.39 is 17.4 Å². The number of aromatic amines is 1. The van der Waals surface area contributed by atoms with Crippen molar-refractivity contribution in [1.82, 2.24) is 15.1 Å². The second-order valence-corrected chi connectivity index (χ2v) is 7.25. The van der Waals surface area contributed by atoms with Crippen LogP contribution in [0.1, 0.15) is 15.9 Å². The minimum atomic E-state index is -1.08. The highest BCUT2D eigenvalue weighted by Crippen LogP contribution is 2.17. The molecule has 32 heavy (non-hydrogen) atoms. The lowest BCUT2D eigenvalue weighted by atomic mass is 10.0. The quantitative estimate of drug-likeness (QED) is 0.401. The van der Waals surface area contributed by atoms with Crippen molar-refractivity contribution in [2.45, 2.75) is 0 Å². The Morgan fingerprint density at radius 1 is 1.06 bits per heavy atom. The molecule has 0 bridgehead atoms. The number of nitrogens with zero attached hydrogens (tertiary/aromatic N) is 2. The zero-order valence-electron chi connectivity index (χ0n) is 17.8. The molecule has 1 aromatic heterocycles. The summed E-state index contributed by atoms with van der Waals surface area (Å²) in [5.41, 5.74) is 1.53. The summed E-state index contributed by atoms with van der Waals surface area (Å²) in [6.07, 6.45) is 0. The lowest BCUT2D eigenvalue weighted by Gasteiger charge is -2.13. The third-order valence-electron chi connectivity index (χ3n) is 4.88. The normalized spacial score (nSPS) is 11.7. The zero-order chi connectivity index (χ0) is 23.4. The Labute approximate surface area is 183 Å². The van der Waals surface area contributed by atoms with Crippen LogP contribution in [-0.2, 0) is 4.79 Å². The highest BCUT2D eigenvalue weighted by atomic mass is 16.4. The van der Waals surface area contributed by atoms with E-state index in [1.807, 2.05) is 31.1 Å². The highest BCUT2D eigenvalue weighted by Gasteiger charge is 2.18. The van der Waals surface area contributed by atoms with Crippen LogP contribution in [0.4, 0.5) is 5.69 Å². The van der Waals surface area contributed by atoms with Crippen molar-refractivity contribution >= 4 is 29.7 Å². The predicted molar refractivity (Wildman–Crippen MR) is 121 cm³/mol. The van der Waals surface area contributed by atoms with E-state index in [-0.39, 0.29) is 34.9 Å². The van der Waals surface area contributed by atoms with Crippen LogP contribution >= 0.6 is 0 Å². The fraction of sp³-hybridized carbons (Fsp3) is 0.174. The van der Waals surface area contributed by atoms with Gasteiger partial charge < -0.3 is 20.4 Å². The number of aliphatic hydroxyl groups excluding tert-OH is 1. The Bertz CT molecular complexity index is 1300. The van der Waals surface area contributed by atoms with Gasteiger partial charge in [-0.2, -0.15) is 0 Å². The number of aliphatic hydroxyl groups is 1. The van der Waals surface area contributed by atoms with E-state index in [9.17, 15) is 14.4 Å². The lowest BCUT2D eigenvalue weighted by Crippen LogP contribution is -2.41. The van der Waals surface area contributed by atoms with Crippen LogP contribution in [0, 0.1) is 0 Å². The van der Waals surface area contributed by atoms with E-state index >= 15 is 0 Å². The van der Waals surface area contributed by atoms with Crippen molar-refractivity contribution in [2.24, 2.45) is 0 Å². The Morgan fingerprint density at radius 3 is 2.19 bits per heavy atom. The van der Waals surface area contributed by atoms with E-state index in [1.54, 1.807) is 12.1 Å². The maximum atomic E-state index is 13.3. The number of carbonyl (C=O) groups is 2. The molecule has 0 saturated carbocycles. The molecule has 1 amide bonds. The molecule has 0 atom stereocenters. The average molecular weight is 436 g/mol. The van der Waals surface area contributed by atoms with Gasteiger partial charge >= 0.3 is 5.97 Å². The Hall–Kier alpha value is -4.11. The molecule has 0 spiro atoms. The smallest absolute Gasteiger partial charge is 0.335 e. The molecule has 4 N–H and O–H groups in total. The maximum Gasteiger partial charge on any atom is 0.335 e. The molecule has 3 rings (SSSR count). The molecule has 9 heteroatoms. The topological polar surface area (TPSA) is 128 Å². The maximum absolute atomic E-state index is 13.3. The van der Waals surface area contributed by atoms with Gasteiger partial charge in [0.25, 0.3) is 11.5 Å². The van der Waals surface area contributed by atoms with Gasteiger partial charge in [0.15, 0.2) is 0 Å². The molecule has 0 unspecified atom stereocenters. The zero-order valence-corrected chi connectivity index (χ0v) is 17.8. The molecule has 0 aliphatic heterocycles. The lowest BCUT2D eigenvalue weighted by molar-refractivity contribution is -0.115. The van der Waals surface area contributed by atoms with Crippen LogP contribution < -0.4 is 26.3 Å². The number of benzene rings is 2. The van der Waals surface area contributed by atoms with Gasteiger partial charge in [0.1, 0.15) is 0 Å². The van der Waals surface area contributed by atoms with Gasteiger partial charge in [0.2, 0.25) is 0 Å². The van der Waals surface area contributed by atoms with Crippen LogP contribution in [0.25, 0.3) is 17.8 Å². The summed E-state index contributed by atoms with van der Waals surface area (Å²) in [6, 6.07) is 12.9. The van der Waals surface area contributed by atoms with Crippen molar-refractivity contribution in [3.8, 4) is 5.69 Å². The molecule has 0 aliphatic carbocycles. The Morgan fingerprint density at radius 2 is 1.66 bits per heavy atom. The number of anilines is 1. The Kier molecular flexibility index (Phi) is 6.60. The number of aromatic carboxylic acids is 1. The molecule has 2 aromatic carbocycles. The number of carboxylic acid groups (broad SMARTS) is 1. The number of nitrogens with one attached hydrogen (secondary N) is 2. The summed E-state index contributed by atoms with van der Waals surface area (Å²) in [6.45, 7) is 3.68. The first-order chi connectivity index (χ1) is 15.2. The minimum absolute atomic E-state index is 0.0276. The molecule has 1 heterocycles. The molecule has 0 aliphatic rings. The summed E-state index contributed by atoms with van der Waals surface area (Å²) in [5, 5.41) is 23.9. The summed E-state index contributed by atoms with van der Waals surface area (Å²) in [4.78, 5) is 39.3. The summed E-state index contributed by atoms with van der Waals surface area (Å²) >= 11 is 0. The molecular formula is C23H24N4O5. The number of H-pyrrole nitrogens is 1. The minimum Gasteiger partial charge on any atom is -0.478 e. The monoisotopic (exact) mass is 436 g/mol. The van der Waals surface area contributed by atoms with Gasteiger partial charge in [0.05, 0.1) is 34.0 Å². The number of rotatable bonds is 7. The number of hydrogen-bond donors (Lipinski definition) is 4. The fourth-order valence-corrected chi connectivity index (χ4v) is 3.25. The largest absolute Gasteiger partial charge is 0.478 e. The molecule has 9 nitrogen and oxygen atoms in total. The summed E-state index contributed by atoms with van der Waals surface area (Å²) in [7, 11) is 3.78. The fourth-order valence-electron chi connectivity index (χ4n) is 3.25. The molecule has 0 radical (unpaired) electrons. The molecule has 166 valence electrons. The van der Waals surface area contributed by atoms with Gasteiger partial charge in [0, 0.05) is 26.3 Å². The average Bonchev–Trinajstić information content (AvgIpc) is 3.07. The van der Waals surface area contributed by atoms with E-state index in [4.69, 9.17) is 10.2 Å². The van der Waals surface area contributed by atoms with E-state index in [1.165, 1.54) is 28.9 Å². The first kappa shape index (κ1) is 22.6. The van der Waals surface area contributed by atoms with Crippen LogP contribution in [0.3, 0.4) is 0 Å². The van der Waals surface area contributed by atoms with Gasteiger partial charge in [-0.1, -0.05) is 18.7 Å². The first-order valence-corrected chi connectivity index (χ1v) is 9.79. The van der Waals surface area contributed by atoms with E-state index in [0.717, 1.165) is 5.69 Å². The molecule has 0 saturated heterocycles. The number of hydrogen-bond acceptors (Lipinski definition) is 5. The van der Waals surface area contributed by atoms with Gasteiger partial charge in [-0.05, 0) is 42.0 Å². The standard InChI is InChI=1S/C23H24N4O5/c1-14-19(22(30)27(25-14)18-10-6-16(7-11-18)23(31)32)20(21(29)24-12-13-28)15-4-8-17(9-5-15)26(2)3/h4-11,25,28H,1,12-13H2,2-3H3,(H,24,29)(H,31,32). The van der Waals surface area contributed by atoms with Crippen molar-refractivity contribution in [3.05, 3.63) is 80.6 Å². The first-order valence-electron chi connectivity index (χ1n) is 9.79. The van der Waals surface area contributed by atoms with Crippen molar-refractivity contribution in [1.29, 1.82) is 0 Å². The summed E-state index contributed by atoms with van der Waals surface area (Å²) in [5.74, 6) is -1.60. The van der Waals surface area contributed by atoms with Crippen molar-refractivity contribution in [2.75, 3.05) is 32.1 Å². The van der Waals surface area contributed by atoms with Gasteiger partial charge in [-0.25, -0.2) is 9.48 Å². The number of carbonyl (C=O) groups excluding carboxylic acids is 1. The molecular weight excluding hydrogens is 412 g/mol. The Balaban J connectivity index is 2.24. The second-order valence-electron chi connectivity index (χ2n) is 7.25. The van der Waals surface area contributed by atoms with Crippen LogP contribution in [0.2, 0.25) is 0 Å². The highest BCUT2D eigenvalue weighted by molar-refractivity contribution is 6.19. The number of amides is 1. The summed E-state index contributed by atoms with van der Waals surface area (Å²) < 4.78 is 1.21. The van der Waals surface area contributed by atoms with Crippen LogP contribution in [0.15, 0.2) is 53.3 Å². The van der Waals surface area contributed by atoms with Gasteiger partial charge in [-0.15, -0.1) is 0 Å². The van der Waals surface area contributed by atoms with E-state index in [2.05, 4.69) is 17.0 Å². The SMILES string of the molecule is C=c1[nH]n(-c2ccc(C(=O)O)cc2)c(=O)c1=C(C(=O)NCCO)c1ccc(N(C)C)cc1. The number of carboxylic acids is 1. The van der Waals surface area contributed by atoms with Crippen LogP contribution in [0.5, 0.6) is 0 Å². The third-order valence-corrected chi connectivity index (χ3v) is 4.88. The second kappa shape index (κ2) is 9.36. The molecule has 3 aromatic rings. The van der Waals surface area contributed by atoms with Crippen molar-refractivity contribution in [3.63, 3.8) is 0 Å². The van der Waals surface area contributed by atoms with Crippen LogP contribution in [-0.4, -0.2) is 59.1 Å².